The Labute approximate surface area is 123 Å². The van der Waals surface area contributed by atoms with Crippen molar-refractivity contribution in [2.24, 2.45) is 0 Å². The van der Waals surface area contributed by atoms with E-state index in [0.29, 0.717) is 11.4 Å². The van der Waals surface area contributed by atoms with Crippen LogP contribution in [0.25, 0.3) is 0 Å². The van der Waals surface area contributed by atoms with Gasteiger partial charge in [-0.25, -0.2) is 4.98 Å². The standard InChI is InChI=1S/C15H17N3OS/c1-18(2)14-9-8-12(10-16-14)17-15(19)11-20-13-6-4-3-5-7-13/h3-10H,11H2,1-2H3,(H,17,19). The van der Waals surface area contributed by atoms with E-state index in [4.69, 9.17) is 0 Å². The van der Waals surface area contributed by atoms with Crippen LogP contribution in [0, 0.1) is 0 Å². The lowest BCUT2D eigenvalue weighted by Crippen LogP contribution is -2.15. The van der Waals surface area contributed by atoms with E-state index in [2.05, 4.69) is 10.3 Å². The van der Waals surface area contributed by atoms with Gasteiger partial charge >= 0.3 is 0 Å². The summed E-state index contributed by atoms with van der Waals surface area (Å²) in [5, 5.41) is 2.84. The van der Waals surface area contributed by atoms with Crippen LogP contribution in [-0.2, 0) is 4.79 Å². The van der Waals surface area contributed by atoms with Gasteiger partial charge < -0.3 is 10.2 Å². The lowest BCUT2D eigenvalue weighted by molar-refractivity contribution is -0.113. The second-order valence-corrected chi connectivity index (χ2v) is 5.50. The molecule has 2 rings (SSSR count). The Morgan fingerprint density at radius 2 is 1.95 bits per heavy atom. The van der Waals surface area contributed by atoms with Crippen molar-refractivity contribution in [2.45, 2.75) is 4.90 Å². The second kappa shape index (κ2) is 6.96. The Balaban J connectivity index is 1.85. The van der Waals surface area contributed by atoms with Crippen molar-refractivity contribution in [3.8, 4) is 0 Å². The number of hydrogen-bond acceptors (Lipinski definition) is 4. The number of carbonyl (C=O) groups is 1. The zero-order valence-corrected chi connectivity index (χ0v) is 12.4. The molecule has 0 radical (unpaired) electrons. The van der Waals surface area contributed by atoms with Crippen molar-refractivity contribution in [3.05, 3.63) is 48.7 Å². The Bertz CT molecular complexity index is 555. The number of anilines is 2. The molecule has 4 nitrogen and oxygen atoms in total. The molecule has 0 unspecified atom stereocenters. The third-order valence-corrected chi connectivity index (χ3v) is 3.61. The summed E-state index contributed by atoms with van der Waals surface area (Å²) in [7, 11) is 3.86. The number of benzene rings is 1. The van der Waals surface area contributed by atoms with Crippen molar-refractivity contribution in [2.75, 3.05) is 30.1 Å². The number of hydrogen-bond donors (Lipinski definition) is 1. The number of rotatable bonds is 5. The molecule has 1 heterocycles. The molecule has 0 aliphatic heterocycles. The van der Waals surface area contributed by atoms with Crippen molar-refractivity contribution in [1.29, 1.82) is 0 Å². The molecule has 0 spiro atoms. The fraction of sp³-hybridized carbons (Fsp3) is 0.200. The predicted octanol–water partition coefficient (Wildman–Crippen LogP) is 2.88. The maximum absolute atomic E-state index is 11.8. The number of thioether (sulfide) groups is 1. The van der Waals surface area contributed by atoms with Crippen LogP contribution in [-0.4, -0.2) is 30.7 Å². The number of nitrogens with one attached hydrogen (secondary N) is 1. The summed E-state index contributed by atoms with van der Waals surface area (Å²) in [6, 6.07) is 13.6. The fourth-order valence-corrected chi connectivity index (χ4v) is 2.31. The van der Waals surface area contributed by atoms with E-state index in [1.54, 1.807) is 6.20 Å². The average molecular weight is 287 g/mol. The van der Waals surface area contributed by atoms with E-state index >= 15 is 0 Å². The summed E-state index contributed by atoms with van der Waals surface area (Å²) < 4.78 is 0. The van der Waals surface area contributed by atoms with Gasteiger partial charge in [-0.3, -0.25) is 4.79 Å². The highest BCUT2D eigenvalue weighted by molar-refractivity contribution is 8.00. The van der Waals surface area contributed by atoms with Crippen LogP contribution in [0.3, 0.4) is 0 Å². The number of nitrogens with zero attached hydrogens (tertiary/aromatic N) is 2. The Morgan fingerprint density at radius 3 is 2.55 bits per heavy atom. The zero-order valence-electron chi connectivity index (χ0n) is 11.5. The molecule has 104 valence electrons. The van der Waals surface area contributed by atoms with Gasteiger partial charge in [-0.15, -0.1) is 11.8 Å². The van der Waals surface area contributed by atoms with Gasteiger partial charge in [0.2, 0.25) is 5.91 Å². The molecule has 0 aliphatic carbocycles. The van der Waals surface area contributed by atoms with Crippen LogP contribution >= 0.6 is 11.8 Å². The molecular formula is C15H17N3OS. The first-order chi connectivity index (χ1) is 9.65. The van der Waals surface area contributed by atoms with Gasteiger partial charge in [-0.2, -0.15) is 0 Å². The molecule has 2 aromatic rings. The van der Waals surface area contributed by atoms with E-state index in [1.807, 2.05) is 61.5 Å². The summed E-state index contributed by atoms with van der Waals surface area (Å²) in [6.07, 6.45) is 1.67. The summed E-state index contributed by atoms with van der Waals surface area (Å²) in [6.45, 7) is 0. The van der Waals surface area contributed by atoms with Gasteiger partial charge in [0.1, 0.15) is 5.82 Å². The number of pyridine rings is 1. The minimum absolute atomic E-state index is 0.0294. The molecule has 1 aromatic heterocycles. The lowest BCUT2D eigenvalue weighted by Gasteiger charge is -2.11. The third-order valence-electron chi connectivity index (χ3n) is 2.60. The highest BCUT2D eigenvalue weighted by Crippen LogP contribution is 2.17. The van der Waals surface area contributed by atoms with Crippen molar-refractivity contribution < 1.29 is 4.79 Å². The quantitative estimate of drug-likeness (QED) is 0.859. The smallest absolute Gasteiger partial charge is 0.234 e. The van der Waals surface area contributed by atoms with E-state index < -0.39 is 0 Å². The summed E-state index contributed by atoms with van der Waals surface area (Å²) >= 11 is 1.52. The van der Waals surface area contributed by atoms with Crippen LogP contribution < -0.4 is 10.2 Å². The van der Waals surface area contributed by atoms with Gasteiger partial charge in [0, 0.05) is 19.0 Å². The topological polar surface area (TPSA) is 45.2 Å². The largest absolute Gasteiger partial charge is 0.363 e. The van der Waals surface area contributed by atoms with Crippen molar-refractivity contribution >= 4 is 29.2 Å². The Morgan fingerprint density at radius 1 is 1.20 bits per heavy atom. The summed E-state index contributed by atoms with van der Waals surface area (Å²) in [5.41, 5.74) is 0.717. The minimum Gasteiger partial charge on any atom is -0.363 e. The Kier molecular flexibility index (Phi) is 5.01. The molecule has 1 aromatic carbocycles. The molecule has 1 amide bonds. The fourth-order valence-electron chi connectivity index (χ4n) is 1.59. The number of aromatic nitrogens is 1. The van der Waals surface area contributed by atoms with Crippen molar-refractivity contribution in [1.82, 2.24) is 4.98 Å². The molecular weight excluding hydrogens is 270 g/mol. The molecule has 0 saturated heterocycles. The van der Waals surface area contributed by atoms with Crippen LogP contribution in [0.5, 0.6) is 0 Å². The molecule has 0 bridgehead atoms. The molecule has 0 aliphatic rings. The molecule has 20 heavy (non-hydrogen) atoms. The predicted molar refractivity (Wildman–Crippen MR) is 84.4 cm³/mol. The monoisotopic (exact) mass is 287 g/mol. The zero-order chi connectivity index (χ0) is 14.4. The average Bonchev–Trinajstić information content (AvgIpc) is 2.47. The first-order valence-electron chi connectivity index (χ1n) is 6.26. The molecule has 5 heteroatoms. The van der Waals surface area contributed by atoms with E-state index in [0.717, 1.165) is 10.7 Å². The first kappa shape index (κ1) is 14.4. The van der Waals surface area contributed by atoms with Crippen molar-refractivity contribution in [3.63, 3.8) is 0 Å². The molecule has 0 saturated carbocycles. The molecule has 0 atom stereocenters. The van der Waals surface area contributed by atoms with Crippen LogP contribution in [0.1, 0.15) is 0 Å². The SMILES string of the molecule is CN(C)c1ccc(NC(=O)CSc2ccccc2)cn1. The van der Waals surface area contributed by atoms with E-state index in [-0.39, 0.29) is 5.91 Å². The molecule has 0 fully saturated rings. The normalized spacial score (nSPS) is 10.1. The molecule has 1 N–H and O–H groups in total. The lowest BCUT2D eigenvalue weighted by atomic mass is 10.4. The van der Waals surface area contributed by atoms with Gasteiger partial charge in [0.15, 0.2) is 0 Å². The van der Waals surface area contributed by atoms with E-state index in [9.17, 15) is 4.79 Å². The summed E-state index contributed by atoms with van der Waals surface area (Å²) in [5.74, 6) is 1.22. The first-order valence-corrected chi connectivity index (χ1v) is 7.25. The maximum Gasteiger partial charge on any atom is 0.234 e. The highest BCUT2D eigenvalue weighted by atomic mass is 32.2. The maximum atomic E-state index is 11.8. The summed E-state index contributed by atoms with van der Waals surface area (Å²) in [4.78, 5) is 19.1. The second-order valence-electron chi connectivity index (χ2n) is 4.45. The Hall–Kier alpha value is -2.01. The van der Waals surface area contributed by atoms with Crippen LogP contribution in [0.15, 0.2) is 53.6 Å². The third kappa shape index (κ3) is 4.28. The van der Waals surface area contributed by atoms with E-state index in [1.165, 1.54) is 11.8 Å². The van der Waals surface area contributed by atoms with Gasteiger partial charge in [0.05, 0.1) is 17.6 Å². The number of carbonyl (C=O) groups excluding carboxylic acids is 1. The van der Waals surface area contributed by atoms with Gasteiger partial charge in [-0.1, -0.05) is 18.2 Å². The van der Waals surface area contributed by atoms with Gasteiger partial charge in [0.25, 0.3) is 0 Å². The van der Waals surface area contributed by atoms with Crippen LogP contribution in [0.4, 0.5) is 11.5 Å². The van der Waals surface area contributed by atoms with Gasteiger partial charge in [-0.05, 0) is 24.3 Å². The minimum atomic E-state index is -0.0294. The number of amides is 1. The highest BCUT2D eigenvalue weighted by Gasteiger charge is 2.04. The van der Waals surface area contributed by atoms with Crippen LogP contribution in [0.2, 0.25) is 0 Å².